The van der Waals surface area contributed by atoms with E-state index in [0.29, 0.717) is 0 Å². The molecule has 0 radical (unpaired) electrons. The third kappa shape index (κ3) is 4.36. The number of benzene rings is 2. The van der Waals surface area contributed by atoms with E-state index >= 15 is 0 Å². The molecule has 1 fully saturated rings. The maximum atomic E-state index is 5.46. The van der Waals surface area contributed by atoms with Crippen molar-refractivity contribution in [3.63, 3.8) is 0 Å². The van der Waals surface area contributed by atoms with Crippen molar-refractivity contribution in [3.8, 4) is 11.5 Å². The summed E-state index contributed by atoms with van der Waals surface area (Å²) >= 11 is 0. The summed E-state index contributed by atoms with van der Waals surface area (Å²) in [4.78, 5) is 2.34. The monoisotopic (exact) mass is 351 g/mol. The summed E-state index contributed by atoms with van der Waals surface area (Å²) in [5, 5.41) is 6.64. The number of methoxy groups -OCH3 is 2. The number of para-hydroxylation sites is 3. The highest BCUT2D eigenvalue weighted by atomic mass is 16.5. The van der Waals surface area contributed by atoms with Crippen molar-refractivity contribution in [2.75, 3.05) is 45.3 Å². The predicted molar refractivity (Wildman–Crippen MR) is 107 cm³/mol. The molecule has 1 heterocycles. The van der Waals surface area contributed by atoms with E-state index < -0.39 is 0 Å². The lowest BCUT2D eigenvalue weighted by Gasteiger charge is -2.35. The van der Waals surface area contributed by atoms with E-state index in [9.17, 15) is 0 Å². The van der Waals surface area contributed by atoms with Gasteiger partial charge in [-0.3, -0.25) is 5.01 Å². The van der Waals surface area contributed by atoms with E-state index in [1.807, 2.05) is 60.8 Å². The number of piperazine rings is 1. The van der Waals surface area contributed by atoms with Gasteiger partial charge in [0.05, 0.1) is 33.0 Å². The van der Waals surface area contributed by atoms with Gasteiger partial charge in [-0.1, -0.05) is 30.3 Å². The zero-order chi connectivity index (χ0) is 18.2. The van der Waals surface area contributed by atoms with E-state index in [1.165, 1.54) is 0 Å². The van der Waals surface area contributed by atoms with Crippen LogP contribution >= 0.6 is 0 Å². The van der Waals surface area contributed by atoms with Crippen molar-refractivity contribution in [2.45, 2.75) is 0 Å². The number of nitrogens with zero attached hydrogens (tertiary/aromatic N) is 3. The topological polar surface area (TPSA) is 37.3 Å². The van der Waals surface area contributed by atoms with Crippen LogP contribution in [0.2, 0.25) is 0 Å². The SMILES string of the molecule is COc1ccccc1/C=C/C=NN1CCN(c2ccccc2OC)CC1. The Balaban J connectivity index is 1.54. The first-order valence-electron chi connectivity index (χ1n) is 8.78. The van der Waals surface area contributed by atoms with Crippen LogP contribution in [-0.2, 0) is 0 Å². The highest BCUT2D eigenvalue weighted by Gasteiger charge is 2.18. The minimum Gasteiger partial charge on any atom is -0.496 e. The molecule has 0 aliphatic carbocycles. The van der Waals surface area contributed by atoms with Crippen molar-refractivity contribution >= 4 is 18.0 Å². The van der Waals surface area contributed by atoms with Gasteiger partial charge in [-0.25, -0.2) is 0 Å². The second-order valence-corrected chi connectivity index (χ2v) is 5.98. The van der Waals surface area contributed by atoms with Crippen molar-refractivity contribution in [2.24, 2.45) is 5.10 Å². The maximum absolute atomic E-state index is 5.46. The first-order valence-corrected chi connectivity index (χ1v) is 8.78. The average Bonchev–Trinajstić information content (AvgIpc) is 2.72. The highest BCUT2D eigenvalue weighted by molar-refractivity contribution is 5.79. The minimum atomic E-state index is 0.863. The zero-order valence-corrected chi connectivity index (χ0v) is 15.3. The van der Waals surface area contributed by atoms with Gasteiger partial charge < -0.3 is 14.4 Å². The second-order valence-electron chi connectivity index (χ2n) is 5.98. The Hall–Kier alpha value is -2.95. The van der Waals surface area contributed by atoms with Crippen molar-refractivity contribution in [1.82, 2.24) is 5.01 Å². The maximum Gasteiger partial charge on any atom is 0.142 e. The first-order chi connectivity index (χ1) is 12.8. The molecule has 0 atom stereocenters. The molecule has 3 rings (SSSR count). The van der Waals surface area contributed by atoms with Crippen LogP contribution in [0.1, 0.15) is 5.56 Å². The number of hydrogen-bond donors (Lipinski definition) is 0. The Morgan fingerprint density at radius 3 is 2.23 bits per heavy atom. The molecule has 0 bridgehead atoms. The minimum absolute atomic E-state index is 0.863. The van der Waals surface area contributed by atoms with Gasteiger partial charge in [-0.15, -0.1) is 0 Å². The summed E-state index contributed by atoms with van der Waals surface area (Å²) in [6.07, 6.45) is 5.79. The van der Waals surface area contributed by atoms with Crippen LogP contribution in [0.15, 0.2) is 59.7 Å². The van der Waals surface area contributed by atoms with Crippen LogP contribution in [0, 0.1) is 0 Å². The van der Waals surface area contributed by atoms with Crippen LogP contribution in [0.3, 0.4) is 0 Å². The van der Waals surface area contributed by atoms with Gasteiger partial charge in [-0.05, 0) is 30.4 Å². The standard InChI is InChI=1S/C21H25N3O2/c1-25-20-11-5-3-8-18(20)9-7-13-22-24-16-14-23(15-17-24)19-10-4-6-12-21(19)26-2/h3-13H,14-17H2,1-2H3/b9-7+,22-13?. The number of ether oxygens (including phenoxy) is 2. The van der Waals surface area contributed by atoms with Crippen LogP contribution in [0.25, 0.3) is 6.08 Å². The molecule has 1 aliphatic rings. The quantitative estimate of drug-likeness (QED) is 0.746. The molecular formula is C21H25N3O2. The molecule has 0 unspecified atom stereocenters. The number of hydrazone groups is 1. The zero-order valence-electron chi connectivity index (χ0n) is 15.3. The predicted octanol–water partition coefficient (Wildman–Crippen LogP) is 3.53. The van der Waals surface area contributed by atoms with Crippen molar-refractivity contribution in [1.29, 1.82) is 0 Å². The van der Waals surface area contributed by atoms with Crippen molar-refractivity contribution in [3.05, 3.63) is 60.2 Å². The highest BCUT2D eigenvalue weighted by Crippen LogP contribution is 2.28. The van der Waals surface area contributed by atoms with Gasteiger partial charge >= 0.3 is 0 Å². The molecule has 2 aromatic carbocycles. The largest absolute Gasteiger partial charge is 0.496 e. The van der Waals surface area contributed by atoms with E-state index in [2.05, 4.69) is 21.1 Å². The van der Waals surface area contributed by atoms with Crippen LogP contribution < -0.4 is 14.4 Å². The third-order valence-corrected chi connectivity index (χ3v) is 4.41. The van der Waals surface area contributed by atoms with Gasteiger partial charge in [0.1, 0.15) is 11.5 Å². The molecule has 5 nitrogen and oxygen atoms in total. The lowest BCUT2D eigenvalue weighted by molar-refractivity contribution is 0.271. The second kappa shape index (κ2) is 8.94. The number of allylic oxidation sites excluding steroid dienone is 1. The Morgan fingerprint density at radius 2 is 1.50 bits per heavy atom. The van der Waals surface area contributed by atoms with Gasteiger partial charge in [0.2, 0.25) is 0 Å². The number of anilines is 1. The average molecular weight is 351 g/mol. The molecule has 2 aromatic rings. The van der Waals surface area contributed by atoms with E-state index in [0.717, 1.165) is 48.9 Å². The first kappa shape index (κ1) is 17.9. The van der Waals surface area contributed by atoms with Crippen molar-refractivity contribution < 1.29 is 9.47 Å². The van der Waals surface area contributed by atoms with Gasteiger partial charge in [0, 0.05) is 24.9 Å². The molecule has 26 heavy (non-hydrogen) atoms. The summed E-state index contributed by atoms with van der Waals surface area (Å²) in [5.74, 6) is 1.78. The molecule has 0 aromatic heterocycles. The van der Waals surface area contributed by atoms with Gasteiger partial charge in [0.25, 0.3) is 0 Å². The molecule has 0 amide bonds. The summed E-state index contributed by atoms with van der Waals surface area (Å²) in [5.41, 5.74) is 2.19. The van der Waals surface area contributed by atoms with Crippen LogP contribution in [0.5, 0.6) is 11.5 Å². The molecule has 1 aliphatic heterocycles. The molecule has 5 heteroatoms. The lowest BCUT2D eigenvalue weighted by Crippen LogP contribution is -2.44. The summed E-state index contributed by atoms with van der Waals surface area (Å²) in [6.45, 7) is 3.62. The Labute approximate surface area is 155 Å². The van der Waals surface area contributed by atoms with E-state index in [-0.39, 0.29) is 0 Å². The molecule has 0 saturated carbocycles. The Morgan fingerprint density at radius 1 is 0.846 bits per heavy atom. The van der Waals surface area contributed by atoms with Crippen LogP contribution in [-0.4, -0.2) is 51.6 Å². The molecule has 136 valence electrons. The molecule has 0 spiro atoms. The summed E-state index contributed by atoms with van der Waals surface area (Å²) in [7, 11) is 3.40. The fraction of sp³-hybridized carbons (Fsp3) is 0.286. The lowest BCUT2D eigenvalue weighted by atomic mass is 10.2. The number of rotatable bonds is 6. The molecule has 0 N–H and O–H groups in total. The van der Waals surface area contributed by atoms with E-state index in [4.69, 9.17) is 9.47 Å². The Kier molecular flexibility index (Phi) is 6.14. The summed E-state index contributed by atoms with van der Waals surface area (Å²) < 4.78 is 10.8. The summed E-state index contributed by atoms with van der Waals surface area (Å²) in [6, 6.07) is 16.1. The van der Waals surface area contributed by atoms with Crippen LogP contribution in [0.4, 0.5) is 5.69 Å². The fourth-order valence-corrected chi connectivity index (χ4v) is 3.03. The Bertz CT molecular complexity index is 765. The molecule has 1 saturated heterocycles. The molecular weight excluding hydrogens is 326 g/mol. The van der Waals surface area contributed by atoms with Gasteiger partial charge in [-0.2, -0.15) is 5.10 Å². The third-order valence-electron chi connectivity index (χ3n) is 4.41. The van der Waals surface area contributed by atoms with Gasteiger partial charge in [0.15, 0.2) is 0 Å². The van der Waals surface area contributed by atoms with E-state index in [1.54, 1.807) is 14.2 Å². The fourth-order valence-electron chi connectivity index (χ4n) is 3.03. The normalized spacial score (nSPS) is 15.0. The number of hydrogen-bond acceptors (Lipinski definition) is 5. The smallest absolute Gasteiger partial charge is 0.142 e.